The summed E-state index contributed by atoms with van der Waals surface area (Å²) >= 11 is 2.83. The summed E-state index contributed by atoms with van der Waals surface area (Å²) < 4.78 is 0. The van der Waals surface area contributed by atoms with Crippen molar-refractivity contribution < 1.29 is 4.79 Å². The average Bonchev–Trinajstić information content (AvgIpc) is 3.02. The topological polar surface area (TPSA) is 84.7 Å². The number of nitrogens with zero attached hydrogens (tertiary/aromatic N) is 2. The van der Waals surface area contributed by atoms with Crippen molar-refractivity contribution in [1.29, 1.82) is 0 Å². The number of thioether (sulfide) groups is 1. The van der Waals surface area contributed by atoms with Gasteiger partial charge in [-0.05, 0) is 31.4 Å². The number of nitrogen functional groups attached to an aromatic ring is 1. The first-order valence-corrected chi connectivity index (χ1v) is 8.24. The molecule has 0 atom stereocenters. The summed E-state index contributed by atoms with van der Waals surface area (Å²) in [5.41, 5.74) is 8.51. The van der Waals surface area contributed by atoms with E-state index in [4.69, 9.17) is 5.73 Å². The van der Waals surface area contributed by atoms with Crippen LogP contribution >= 0.6 is 23.1 Å². The minimum Gasteiger partial charge on any atom is -0.383 e. The number of aromatic nitrogens is 3. The highest BCUT2D eigenvalue weighted by Gasteiger charge is 2.14. The molecule has 3 aromatic heterocycles. The summed E-state index contributed by atoms with van der Waals surface area (Å²) in [6.07, 6.45) is 0. The molecule has 3 aromatic rings. The van der Waals surface area contributed by atoms with Gasteiger partial charge in [-0.1, -0.05) is 11.8 Å². The number of fused-ring (bicyclic) bond motifs is 1. The number of rotatable bonds is 4. The molecular weight excluding hydrogens is 304 g/mol. The fraction of sp³-hybridized carbons (Fsp3) is 0.214. The maximum Gasteiger partial charge on any atom is 0.191 e. The Balaban J connectivity index is 1.77. The van der Waals surface area contributed by atoms with Crippen molar-refractivity contribution in [3.63, 3.8) is 0 Å². The van der Waals surface area contributed by atoms with Gasteiger partial charge in [0.2, 0.25) is 0 Å². The number of ketones is 1. The Bertz CT molecular complexity index is 822. The van der Waals surface area contributed by atoms with E-state index >= 15 is 0 Å². The molecule has 0 aromatic carbocycles. The van der Waals surface area contributed by atoms with E-state index in [1.807, 2.05) is 31.4 Å². The third kappa shape index (κ3) is 2.79. The highest BCUT2D eigenvalue weighted by atomic mass is 32.2. The Morgan fingerprint density at radius 1 is 1.43 bits per heavy atom. The van der Waals surface area contributed by atoms with Gasteiger partial charge in [0, 0.05) is 17.0 Å². The van der Waals surface area contributed by atoms with Crippen LogP contribution in [-0.4, -0.2) is 26.5 Å². The van der Waals surface area contributed by atoms with Crippen LogP contribution in [0, 0.1) is 13.8 Å². The maximum atomic E-state index is 12.2. The number of nitrogens with two attached hydrogens (primary N) is 1. The normalized spacial score (nSPS) is 11.1. The number of anilines is 1. The number of Topliss-reactive ketones (excluding diaryl/α,β-unsaturated/α-hetero) is 1. The molecule has 0 aliphatic rings. The largest absolute Gasteiger partial charge is 0.383 e. The van der Waals surface area contributed by atoms with Crippen molar-refractivity contribution >= 4 is 44.9 Å². The van der Waals surface area contributed by atoms with Gasteiger partial charge >= 0.3 is 0 Å². The van der Waals surface area contributed by atoms with Crippen molar-refractivity contribution in [2.24, 2.45) is 0 Å². The predicted molar refractivity (Wildman–Crippen MR) is 87.1 cm³/mol. The van der Waals surface area contributed by atoms with E-state index in [0.29, 0.717) is 16.7 Å². The van der Waals surface area contributed by atoms with E-state index < -0.39 is 0 Å². The van der Waals surface area contributed by atoms with Crippen LogP contribution in [0.15, 0.2) is 22.7 Å². The molecule has 0 saturated heterocycles. The number of carbonyl (C=O) groups is 1. The maximum absolute atomic E-state index is 12.2. The number of thiophene rings is 1. The van der Waals surface area contributed by atoms with Crippen LogP contribution in [-0.2, 0) is 0 Å². The van der Waals surface area contributed by atoms with Crippen LogP contribution < -0.4 is 5.73 Å². The Labute approximate surface area is 130 Å². The second-order valence-electron chi connectivity index (χ2n) is 4.73. The number of H-pyrrole nitrogens is 1. The van der Waals surface area contributed by atoms with Crippen LogP contribution in [0.3, 0.4) is 0 Å². The number of hydrogen-bond donors (Lipinski definition) is 2. The second kappa shape index (κ2) is 5.50. The summed E-state index contributed by atoms with van der Waals surface area (Å²) in [4.78, 5) is 24.9. The number of aromatic amines is 1. The SMILES string of the molecule is Cc1cc(C(=O)CSc2nc(N)c3ccsc3n2)c(C)[nH]1. The summed E-state index contributed by atoms with van der Waals surface area (Å²) in [7, 11) is 0. The summed E-state index contributed by atoms with van der Waals surface area (Å²) in [6.45, 7) is 3.84. The number of aryl methyl sites for hydroxylation is 2. The monoisotopic (exact) mass is 318 g/mol. The van der Waals surface area contributed by atoms with Crippen LogP contribution in [0.25, 0.3) is 10.2 Å². The minimum absolute atomic E-state index is 0.0651. The van der Waals surface area contributed by atoms with Crippen molar-refractivity contribution in [3.05, 3.63) is 34.5 Å². The molecule has 5 nitrogen and oxygen atoms in total. The fourth-order valence-corrected chi connectivity index (χ4v) is 3.71. The van der Waals surface area contributed by atoms with Gasteiger partial charge in [-0.3, -0.25) is 4.79 Å². The van der Waals surface area contributed by atoms with E-state index in [1.165, 1.54) is 23.1 Å². The molecule has 0 bridgehead atoms. The first kappa shape index (κ1) is 14.1. The van der Waals surface area contributed by atoms with Gasteiger partial charge in [-0.15, -0.1) is 11.3 Å². The van der Waals surface area contributed by atoms with Crippen LogP contribution in [0.5, 0.6) is 0 Å². The highest BCUT2D eigenvalue weighted by Crippen LogP contribution is 2.26. The van der Waals surface area contributed by atoms with E-state index in [-0.39, 0.29) is 5.78 Å². The van der Waals surface area contributed by atoms with Crippen molar-refractivity contribution in [2.45, 2.75) is 19.0 Å². The number of hydrogen-bond acceptors (Lipinski definition) is 6. The van der Waals surface area contributed by atoms with Gasteiger partial charge in [0.1, 0.15) is 10.6 Å². The van der Waals surface area contributed by atoms with Crippen LogP contribution in [0.2, 0.25) is 0 Å². The lowest BCUT2D eigenvalue weighted by molar-refractivity contribution is 0.102. The molecule has 21 heavy (non-hydrogen) atoms. The molecule has 0 unspecified atom stereocenters. The van der Waals surface area contributed by atoms with Crippen molar-refractivity contribution in [1.82, 2.24) is 15.0 Å². The van der Waals surface area contributed by atoms with E-state index in [2.05, 4.69) is 15.0 Å². The lowest BCUT2D eigenvalue weighted by atomic mass is 10.2. The smallest absolute Gasteiger partial charge is 0.191 e. The Kier molecular flexibility index (Phi) is 3.69. The molecule has 3 N–H and O–H groups in total. The van der Waals surface area contributed by atoms with Crippen LogP contribution in [0.4, 0.5) is 5.82 Å². The van der Waals surface area contributed by atoms with Crippen LogP contribution in [0.1, 0.15) is 21.7 Å². The van der Waals surface area contributed by atoms with Gasteiger partial charge in [0.15, 0.2) is 10.9 Å². The molecule has 0 fully saturated rings. The van der Waals surface area contributed by atoms with Gasteiger partial charge < -0.3 is 10.7 Å². The Hall–Kier alpha value is -1.86. The van der Waals surface area contributed by atoms with E-state index in [9.17, 15) is 4.79 Å². The summed E-state index contributed by atoms with van der Waals surface area (Å²) in [5, 5.41) is 3.34. The quantitative estimate of drug-likeness (QED) is 0.438. The molecule has 3 heterocycles. The first-order valence-electron chi connectivity index (χ1n) is 6.37. The molecule has 0 radical (unpaired) electrons. The van der Waals surface area contributed by atoms with Crippen molar-refractivity contribution in [2.75, 3.05) is 11.5 Å². The van der Waals surface area contributed by atoms with Gasteiger partial charge in [-0.2, -0.15) is 0 Å². The zero-order valence-corrected chi connectivity index (χ0v) is 13.3. The van der Waals surface area contributed by atoms with Gasteiger partial charge in [-0.25, -0.2) is 9.97 Å². The molecule has 108 valence electrons. The Morgan fingerprint density at radius 3 is 2.95 bits per heavy atom. The third-order valence-electron chi connectivity index (χ3n) is 3.12. The lowest BCUT2D eigenvalue weighted by Gasteiger charge is -2.02. The molecule has 0 spiro atoms. The summed E-state index contributed by atoms with van der Waals surface area (Å²) in [6, 6.07) is 3.77. The molecule has 0 aliphatic heterocycles. The summed E-state index contributed by atoms with van der Waals surface area (Å²) in [5.74, 6) is 0.828. The molecule has 0 aliphatic carbocycles. The molecule has 0 amide bonds. The highest BCUT2D eigenvalue weighted by molar-refractivity contribution is 7.99. The minimum atomic E-state index is 0.0651. The zero-order chi connectivity index (χ0) is 15.0. The lowest BCUT2D eigenvalue weighted by Crippen LogP contribution is -2.04. The average molecular weight is 318 g/mol. The Morgan fingerprint density at radius 2 is 2.24 bits per heavy atom. The van der Waals surface area contributed by atoms with Gasteiger partial charge in [0.05, 0.1) is 11.1 Å². The number of nitrogens with one attached hydrogen (secondary N) is 1. The second-order valence-corrected chi connectivity index (χ2v) is 6.57. The molecular formula is C14H14N4OS2. The fourth-order valence-electron chi connectivity index (χ4n) is 2.14. The molecule has 3 rings (SSSR count). The molecule has 7 heteroatoms. The van der Waals surface area contributed by atoms with E-state index in [1.54, 1.807) is 0 Å². The number of carbonyl (C=O) groups excluding carboxylic acids is 1. The standard InChI is InChI=1S/C14H14N4OS2/c1-7-5-10(8(2)16-7)11(19)6-21-14-17-12(15)9-3-4-20-13(9)18-14/h3-5,16H,6H2,1-2H3,(H2,15,17,18). The zero-order valence-electron chi connectivity index (χ0n) is 11.6. The molecule has 0 saturated carbocycles. The van der Waals surface area contributed by atoms with E-state index in [0.717, 1.165) is 27.2 Å². The van der Waals surface area contributed by atoms with Gasteiger partial charge in [0.25, 0.3) is 0 Å². The van der Waals surface area contributed by atoms with Crippen molar-refractivity contribution in [3.8, 4) is 0 Å². The first-order chi connectivity index (χ1) is 10.0. The predicted octanol–water partition coefficient (Wildman–Crippen LogP) is 3.19. The third-order valence-corrected chi connectivity index (χ3v) is 4.77.